The zero-order chi connectivity index (χ0) is 18.9. The molecule has 1 aromatic rings. The molecule has 1 N–H and O–H groups in total. The van der Waals surface area contributed by atoms with E-state index >= 15 is 0 Å². The van der Waals surface area contributed by atoms with E-state index < -0.39 is 6.10 Å². The lowest BCUT2D eigenvalue weighted by molar-refractivity contribution is -0.128. The highest BCUT2D eigenvalue weighted by Crippen LogP contribution is 2.21. The molecule has 3 atom stereocenters. The predicted octanol–water partition coefficient (Wildman–Crippen LogP) is 3.34. The van der Waals surface area contributed by atoms with Crippen LogP contribution in [0.3, 0.4) is 0 Å². The van der Waals surface area contributed by atoms with Crippen molar-refractivity contribution in [2.45, 2.75) is 46.1 Å². The number of benzene rings is 1. The van der Waals surface area contributed by atoms with E-state index in [1.807, 2.05) is 25.1 Å². The maximum Gasteiger partial charge on any atom is 0.261 e. The van der Waals surface area contributed by atoms with Gasteiger partial charge in [0.05, 0.1) is 7.11 Å². The zero-order valence-corrected chi connectivity index (χ0v) is 16.7. The van der Waals surface area contributed by atoms with E-state index in [4.69, 9.17) is 9.47 Å². The van der Waals surface area contributed by atoms with E-state index in [0.717, 1.165) is 30.6 Å². The van der Waals surface area contributed by atoms with Crippen molar-refractivity contribution in [2.75, 3.05) is 33.3 Å². The summed E-state index contributed by atoms with van der Waals surface area (Å²) in [6.45, 7) is 10.7. The molecular weight excluding hydrogens is 328 g/mol. The van der Waals surface area contributed by atoms with Crippen LogP contribution in [-0.2, 0) is 4.79 Å². The van der Waals surface area contributed by atoms with Crippen molar-refractivity contribution >= 4 is 5.91 Å². The van der Waals surface area contributed by atoms with Gasteiger partial charge in [-0.05, 0) is 49.8 Å². The minimum Gasteiger partial charge on any atom is -0.497 e. The molecule has 0 bridgehead atoms. The van der Waals surface area contributed by atoms with Gasteiger partial charge in [-0.25, -0.2) is 0 Å². The highest BCUT2D eigenvalue weighted by atomic mass is 16.5. The maximum atomic E-state index is 12.4. The SMILES string of the molecule is CC[C@H](Oc1cccc(OC)c1)C(=O)NCCCN1C[C@@H](C)C[C@H](C)C1. The number of likely N-dealkylation sites (tertiary alicyclic amines) is 1. The summed E-state index contributed by atoms with van der Waals surface area (Å²) in [4.78, 5) is 14.9. The Hall–Kier alpha value is -1.75. The van der Waals surface area contributed by atoms with Crippen molar-refractivity contribution in [3.05, 3.63) is 24.3 Å². The van der Waals surface area contributed by atoms with Gasteiger partial charge in [0.15, 0.2) is 6.10 Å². The topological polar surface area (TPSA) is 50.8 Å². The van der Waals surface area contributed by atoms with Gasteiger partial charge in [0.1, 0.15) is 11.5 Å². The first-order valence-electron chi connectivity index (χ1n) is 9.82. The number of amides is 1. The third-order valence-electron chi connectivity index (χ3n) is 4.88. The number of carbonyl (C=O) groups excluding carboxylic acids is 1. The van der Waals surface area contributed by atoms with Gasteiger partial charge in [0.2, 0.25) is 0 Å². The molecule has 0 aromatic heterocycles. The Labute approximate surface area is 158 Å². The number of hydrogen-bond donors (Lipinski definition) is 1. The molecule has 0 radical (unpaired) electrons. The van der Waals surface area contributed by atoms with Gasteiger partial charge in [0.25, 0.3) is 5.91 Å². The van der Waals surface area contributed by atoms with Gasteiger partial charge in [-0.2, -0.15) is 0 Å². The summed E-state index contributed by atoms with van der Waals surface area (Å²) in [5.41, 5.74) is 0. The highest BCUT2D eigenvalue weighted by Gasteiger charge is 2.22. The molecule has 26 heavy (non-hydrogen) atoms. The van der Waals surface area contributed by atoms with E-state index in [9.17, 15) is 4.79 Å². The number of rotatable bonds is 9. The van der Waals surface area contributed by atoms with E-state index in [1.165, 1.54) is 19.5 Å². The van der Waals surface area contributed by atoms with Crippen LogP contribution in [0.2, 0.25) is 0 Å². The lowest BCUT2D eigenvalue weighted by Crippen LogP contribution is -2.41. The molecule has 2 rings (SSSR count). The van der Waals surface area contributed by atoms with E-state index in [1.54, 1.807) is 13.2 Å². The van der Waals surface area contributed by atoms with Crippen molar-refractivity contribution in [1.82, 2.24) is 10.2 Å². The van der Waals surface area contributed by atoms with Crippen molar-refractivity contribution in [2.24, 2.45) is 11.8 Å². The summed E-state index contributed by atoms with van der Waals surface area (Å²) in [7, 11) is 1.62. The van der Waals surface area contributed by atoms with Crippen LogP contribution < -0.4 is 14.8 Å². The third kappa shape index (κ3) is 6.52. The third-order valence-corrected chi connectivity index (χ3v) is 4.88. The zero-order valence-electron chi connectivity index (χ0n) is 16.7. The molecular formula is C21H34N2O3. The molecule has 0 aliphatic carbocycles. The molecule has 0 unspecified atom stereocenters. The number of carbonyl (C=O) groups is 1. The predicted molar refractivity (Wildman–Crippen MR) is 105 cm³/mol. The normalized spacial score (nSPS) is 21.8. The molecule has 5 nitrogen and oxygen atoms in total. The molecule has 1 heterocycles. The summed E-state index contributed by atoms with van der Waals surface area (Å²) >= 11 is 0. The minimum atomic E-state index is -0.475. The van der Waals surface area contributed by atoms with Gasteiger partial charge in [-0.3, -0.25) is 4.79 Å². The standard InChI is InChI=1S/C21H34N2O3/c1-5-20(26-19-9-6-8-18(13-19)25-4)21(24)22-10-7-11-23-14-16(2)12-17(3)15-23/h6,8-9,13,16-17,20H,5,7,10-12,14-15H2,1-4H3,(H,22,24)/t16-,17-,20-/m0/s1. The van der Waals surface area contributed by atoms with Gasteiger partial charge >= 0.3 is 0 Å². The molecule has 1 amide bonds. The molecule has 1 aliphatic rings. The second kappa shape index (κ2) is 10.4. The number of hydrogen-bond acceptors (Lipinski definition) is 4. The first-order valence-corrected chi connectivity index (χ1v) is 9.82. The summed E-state index contributed by atoms with van der Waals surface area (Å²) in [5, 5.41) is 3.02. The van der Waals surface area contributed by atoms with Crippen LogP contribution in [0.5, 0.6) is 11.5 Å². The summed E-state index contributed by atoms with van der Waals surface area (Å²) < 4.78 is 11.0. The van der Waals surface area contributed by atoms with Crippen LogP contribution in [0.1, 0.15) is 40.0 Å². The van der Waals surface area contributed by atoms with Crippen molar-refractivity contribution in [1.29, 1.82) is 0 Å². The quantitative estimate of drug-likeness (QED) is 0.685. The number of methoxy groups -OCH3 is 1. The first-order chi connectivity index (χ1) is 12.5. The fraction of sp³-hybridized carbons (Fsp3) is 0.667. The van der Waals surface area contributed by atoms with Crippen molar-refractivity contribution < 1.29 is 14.3 Å². The lowest BCUT2D eigenvalue weighted by atomic mass is 9.92. The van der Waals surface area contributed by atoms with Gasteiger partial charge in [-0.15, -0.1) is 0 Å². The Morgan fingerprint density at radius 2 is 1.96 bits per heavy atom. The van der Waals surface area contributed by atoms with Crippen LogP contribution >= 0.6 is 0 Å². The smallest absolute Gasteiger partial charge is 0.261 e. The molecule has 1 aliphatic heterocycles. The Morgan fingerprint density at radius 3 is 2.62 bits per heavy atom. The second-order valence-corrected chi connectivity index (χ2v) is 7.54. The molecule has 1 fully saturated rings. The van der Waals surface area contributed by atoms with E-state index in [2.05, 4.69) is 24.1 Å². The Kier molecular flexibility index (Phi) is 8.23. The number of nitrogens with one attached hydrogen (secondary N) is 1. The van der Waals surface area contributed by atoms with Gasteiger partial charge < -0.3 is 19.7 Å². The fourth-order valence-corrected chi connectivity index (χ4v) is 3.76. The molecule has 0 spiro atoms. The maximum absolute atomic E-state index is 12.4. The lowest BCUT2D eigenvalue weighted by Gasteiger charge is -2.35. The number of ether oxygens (including phenoxy) is 2. The number of nitrogens with zero attached hydrogens (tertiary/aromatic N) is 1. The first kappa shape index (κ1) is 20.6. The summed E-state index contributed by atoms with van der Waals surface area (Å²) in [6.07, 6.45) is 2.45. The fourth-order valence-electron chi connectivity index (χ4n) is 3.76. The monoisotopic (exact) mass is 362 g/mol. The second-order valence-electron chi connectivity index (χ2n) is 7.54. The molecule has 146 valence electrons. The van der Waals surface area contributed by atoms with Crippen LogP contribution in [0.15, 0.2) is 24.3 Å². The summed E-state index contributed by atoms with van der Waals surface area (Å²) in [5.74, 6) is 2.88. The molecule has 5 heteroatoms. The number of piperidine rings is 1. The Morgan fingerprint density at radius 1 is 1.27 bits per heavy atom. The van der Waals surface area contributed by atoms with Gasteiger partial charge in [0, 0.05) is 25.7 Å². The van der Waals surface area contributed by atoms with Crippen molar-refractivity contribution in [3.8, 4) is 11.5 Å². The average Bonchev–Trinajstić information content (AvgIpc) is 2.62. The van der Waals surface area contributed by atoms with E-state index in [-0.39, 0.29) is 5.91 Å². The van der Waals surface area contributed by atoms with E-state index in [0.29, 0.717) is 18.7 Å². The van der Waals surface area contributed by atoms with Crippen molar-refractivity contribution in [3.63, 3.8) is 0 Å². The average molecular weight is 363 g/mol. The largest absolute Gasteiger partial charge is 0.497 e. The Balaban J connectivity index is 1.73. The minimum absolute atomic E-state index is 0.0456. The molecule has 0 saturated carbocycles. The summed E-state index contributed by atoms with van der Waals surface area (Å²) in [6, 6.07) is 7.36. The molecule has 1 aromatic carbocycles. The highest BCUT2D eigenvalue weighted by molar-refractivity contribution is 5.81. The van der Waals surface area contributed by atoms with Crippen LogP contribution in [0.25, 0.3) is 0 Å². The van der Waals surface area contributed by atoms with Gasteiger partial charge in [-0.1, -0.05) is 26.8 Å². The van der Waals surface area contributed by atoms with Crippen LogP contribution in [0, 0.1) is 11.8 Å². The van der Waals surface area contributed by atoms with Crippen LogP contribution in [0.4, 0.5) is 0 Å². The Bertz CT molecular complexity index is 554. The van der Waals surface area contributed by atoms with Crippen LogP contribution in [-0.4, -0.2) is 50.2 Å². The molecule has 1 saturated heterocycles.